The number of amides is 1. The van der Waals surface area contributed by atoms with Gasteiger partial charge in [-0.2, -0.15) is 0 Å². The lowest BCUT2D eigenvalue weighted by atomic mass is 10.2. The van der Waals surface area contributed by atoms with Gasteiger partial charge in [-0.05, 0) is 48.9 Å². The summed E-state index contributed by atoms with van der Waals surface area (Å²) in [6.07, 6.45) is 1.27. The fraction of sp³-hybridized carbons (Fsp3) is 0.118. The van der Waals surface area contributed by atoms with Crippen LogP contribution in [0.4, 0.5) is 5.69 Å². The molecule has 0 spiro atoms. The van der Waals surface area contributed by atoms with Gasteiger partial charge in [0.25, 0.3) is 5.91 Å². The fourth-order valence-electron chi connectivity index (χ4n) is 2.07. The molecule has 0 bridgehead atoms. The number of halogens is 1. The second-order valence-electron chi connectivity index (χ2n) is 5.02. The van der Waals surface area contributed by atoms with Crippen molar-refractivity contribution in [1.82, 2.24) is 10.2 Å². The highest BCUT2D eigenvalue weighted by molar-refractivity contribution is 6.31. The Hall–Kier alpha value is -2.86. The molecule has 1 N–H and O–H groups in total. The summed E-state index contributed by atoms with van der Waals surface area (Å²) >= 11 is 6.03. The van der Waals surface area contributed by atoms with Gasteiger partial charge >= 0.3 is 0 Å². The van der Waals surface area contributed by atoms with Gasteiger partial charge in [0.2, 0.25) is 12.3 Å². The summed E-state index contributed by atoms with van der Waals surface area (Å²) in [5.74, 6) is 0.730. The first kappa shape index (κ1) is 16.0. The van der Waals surface area contributed by atoms with Crippen LogP contribution in [0.1, 0.15) is 5.56 Å². The summed E-state index contributed by atoms with van der Waals surface area (Å²) in [5.41, 5.74) is 2.26. The molecule has 0 aliphatic heterocycles. The molecule has 3 rings (SSSR count). The number of aromatic nitrogens is 2. The Morgan fingerprint density at radius 1 is 1.25 bits per heavy atom. The molecule has 0 aliphatic rings. The van der Waals surface area contributed by atoms with Crippen LogP contribution in [0.5, 0.6) is 5.75 Å². The summed E-state index contributed by atoms with van der Waals surface area (Å²) < 4.78 is 10.6. The van der Waals surface area contributed by atoms with E-state index in [1.165, 1.54) is 6.39 Å². The Morgan fingerprint density at radius 3 is 2.75 bits per heavy atom. The van der Waals surface area contributed by atoms with Gasteiger partial charge in [-0.1, -0.05) is 17.7 Å². The van der Waals surface area contributed by atoms with E-state index in [-0.39, 0.29) is 12.5 Å². The number of nitrogens with zero attached hydrogens (tertiary/aromatic N) is 2. The highest BCUT2D eigenvalue weighted by atomic mass is 35.5. The van der Waals surface area contributed by atoms with Gasteiger partial charge in [-0.15, -0.1) is 10.2 Å². The Balaban J connectivity index is 1.57. The number of carbonyl (C=O) groups excluding carboxylic acids is 1. The molecule has 0 saturated carbocycles. The highest BCUT2D eigenvalue weighted by Crippen LogP contribution is 2.23. The van der Waals surface area contributed by atoms with Crippen LogP contribution < -0.4 is 10.1 Å². The van der Waals surface area contributed by atoms with Crippen molar-refractivity contribution in [3.05, 3.63) is 59.4 Å². The van der Waals surface area contributed by atoms with E-state index in [9.17, 15) is 4.79 Å². The Kier molecular flexibility index (Phi) is 4.77. The van der Waals surface area contributed by atoms with E-state index in [0.29, 0.717) is 22.4 Å². The van der Waals surface area contributed by atoms with E-state index in [1.807, 2.05) is 6.92 Å². The molecule has 3 aromatic rings. The van der Waals surface area contributed by atoms with Crippen molar-refractivity contribution in [2.24, 2.45) is 0 Å². The zero-order valence-corrected chi connectivity index (χ0v) is 13.6. The van der Waals surface area contributed by atoms with E-state index >= 15 is 0 Å². The maximum Gasteiger partial charge on any atom is 0.262 e. The molecule has 7 heteroatoms. The molecule has 1 aromatic heterocycles. The fourth-order valence-corrected chi connectivity index (χ4v) is 2.25. The molecule has 24 heavy (non-hydrogen) atoms. The first-order valence-electron chi connectivity index (χ1n) is 7.18. The minimum atomic E-state index is -0.263. The van der Waals surface area contributed by atoms with Crippen molar-refractivity contribution < 1.29 is 13.9 Å². The van der Waals surface area contributed by atoms with Crippen molar-refractivity contribution >= 4 is 23.2 Å². The van der Waals surface area contributed by atoms with E-state index in [1.54, 1.807) is 42.5 Å². The maximum absolute atomic E-state index is 12.0. The first-order valence-corrected chi connectivity index (χ1v) is 7.55. The van der Waals surface area contributed by atoms with Gasteiger partial charge in [-0.3, -0.25) is 4.79 Å². The summed E-state index contributed by atoms with van der Waals surface area (Å²) in [4.78, 5) is 12.0. The van der Waals surface area contributed by atoms with Gasteiger partial charge in [0.1, 0.15) is 5.75 Å². The lowest BCUT2D eigenvalue weighted by Gasteiger charge is -2.10. The van der Waals surface area contributed by atoms with Crippen LogP contribution in [-0.4, -0.2) is 22.7 Å². The molecule has 6 nitrogen and oxygen atoms in total. The number of hydrogen-bond donors (Lipinski definition) is 1. The van der Waals surface area contributed by atoms with Gasteiger partial charge in [0, 0.05) is 16.3 Å². The third kappa shape index (κ3) is 3.72. The van der Waals surface area contributed by atoms with Gasteiger partial charge in [-0.25, -0.2) is 0 Å². The van der Waals surface area contributed by atoms with Crippen molar-refractivity contribution in [1.29, 1.82) is 0 Å². The minimum Gasteiger partial charge on any atom is -0.484 e. The minimum absolute atomic E-state index is 0.105. The number of ether oxygens (including phenoxy) is 1. The first-order chi connectivity index (χ1) is 11.6. The predicted octanol–water partition coefficient (Wildman–Crippen LogP) is 3.72. The number of rotatable bonds is 5. The maximum atomic E-state index is 12.0. The van der Waals surface area contributed by atoms with Crippen molar-refractivity contribution in [2.75, 3.05) is 11.9 Å². The molecular formula is C17H14ClN3O3. The van der Waals surface area contributed by atoms with Crippen LogP contribution in [0.3, 0.4) is 0 Å². The van der Waals surface area contributed by atoms with Crippen LogP contribution in [0.25, 0.3) is 11.5 Å². The monoisotopic (exact) mass is 343 g/mol. The second-order valence-corrected chi connectivity index (χ2v) is 5.42. The van der Waals surface area contributed by atoms with E-state index in [0.717, 1.165) is 11.1 Å². The number of benzene rings is 2. The average Bonchev–Trinajstić information content (AvgIpc) is 3.12. The van der Waals surface area contributed by atoms with Gasteiger partial charge in [0.15, 0.2) is 6.61 Å². The van der Waals surface area contributed by atoms with Gasteiger partial charge in [0.05, 0.1) is 0 Å². The molecule has 0 unspecified atom stereocenters. The normalized spacial score (nSPS) is 10.4. The molecule has 0 atom stereocenters. The Labute approximate surface area is 143 Å². The van der Waals surface area contributed by atoms with Crippen LogP contribution in [-0.2, 0) is 4.79 Å². The zero-order valence-electron chi connectivity index (χ0n) is 12.8. The average molecular weight is 344 g/mol. The lowest BCUT2D eigenvalue weighted by molar-refractivity contribution is -0.118. The molecule has 0 aliphatic carbocycles. The number of carbonyl (C=O) groups is 1. The van der Waals surface area contributed by atoms with E-state index < -0.39 is 0 Å². The zero-order chi connectivity index (χ0) is 16.9. The molecule has 0 saturated heterocycles. The smallest absolute Gasteiger partial charge is 0.262 e. The third-order valence-corrected chi connectivity index (χ3v) is 3.78. The molecule has 122 valence electrons. The molecule has 2 aromatic carbocycles. The topological polar surface area (TPSA) is 77.2 Å². The standard InChI is InChI=1S/C17H14ClN3O3/c1-11-14(18)3-2-4-15(11)20-16(22)9-23-13-7-5-12(6-8-13)17-21-19-10-24-17/h2-8,10H,9H2,1H3,(H,20,22). The summed E-state index contributed by atoms with van der Waals surface area (Å²) in [6.45, 7) is 1.74. The molecule has 1 heterocycles. The number of anilines is 1. The molecule has 0 radical (unpaired) electrons. The molecule has 1 amide bonds. The van der Waals surface area contributed by atoms with Crippen LogP contribution in [0, 0.1) is 6.92 Å². The lowest BCUT2D eigenvalue weighted by Crippen LogP contribution is -2.20. The predicted molar refractivity (Wildman–Crippen MR) is 90.0 cm³/mol. The Morgan fingerprint density at radius 2 is 2.04 bits per heavy atom. The van der Waals surface area contributed by atoms with Crippen molar-refractivity contribution in [2.45, 2.75) is 6.92 Å². The third-order valence-electron chi connectivity index (χ3n) is 3.37. The Bertz CT molecular complexity index is 833. The highest BCUT2D eigenvalue weighted by Gasteiger charge is 2.08. The van der Waals surface area contributed by atoms with E-state index in [4.69, 9.17) is 20.8 Å². The molecule has 0 fully saturated rings. The number of nitrogens with one attached hydrogen (secondary N) is 1. The van der Waals surface area contributed by atoms with Crippen LogP contribution >= 0.6 is 11.6 Å². The van der Waals surface area contributed by atoms with Gasteiger partial charge < -0.3 is 14.5 Å². The van der Waals surface area contributed by atoms with Crippen LogP contribution in [0.15, 0.2) is 53.3 Å². The molecular weight excluding hydrogens is 330 g/mol. The summed E-state index contributed by atoms with van der Waals surface area (Å²) in [5, 5.41) is 10.8. The quantitative estimate of drug-likeness (QED) is 0.764. The van der Waals surface area contributed by atoms with Crippen LogP contribution in [0.2, 0.25) is 5.02 Å². The SMILES string of the molecule is Cc1c(Cl)cccc1NC(=O)COc1ccc(-c2nnco2)cc1. The largest absolute Gasteiger partial charge is 0.484 e. The summed E-state index contributed by atoms with van der Waals surface area (Å²) in [6, 6.07) is 12.4. The van der Waals surface area contributed by atoms with E-state index in [2.05, 4.69) is 15.5 Å². The van der Waals surface area contributed by atoms with Crippen molar-refractivity contribution in [3.8, 4) is 17.2 Å². The number of hydrogen-bond acceptors (Lipinski definition) is 5. The summed E-state index contributed by atoms with van der Waals surface area (Å²) in [7, 11) is 0. The van der Waals surface area contributed by atoms with Crippen molar-refractivity contribution in [3.63, 3.8) is 0 Å². The second kappa shape index (κ2) is 7.14.